The SMILES string of the molecule is C=CCN(CCC)C(=O)[C@@H]1[C@@H]2CCC3(O2)C(C(=O)N(CC=C)C(C)(C)CC(C)(C)C)N(CCO)C(=O)[C@H]13. The van der Waals surface area contributed by atoms with Crippen LogP contribution in [0.15, 0.2) is 25.3 Å². The van der Waals surface area contributed by atoms with E-state index in [0.29, 0.717) is 32.5 Å². The summed E-state index contributed by atoms with van der Waals surface area (Å²) >= 11 is 0. The van der Waals surface area contributed by atoms with Crippen LogP contribution >= 0.6 is 0 Å². The van der Waals surface area contributed by atoms with Crippen molar-refractivity contribution in [2.75, 3.05) is 32.8 Å². The Labute approximate surface area is 222 Å². The van der Waals surface area contributed by atoms with E-state index in [1.807, 2.05) is 20.8 Å². The minimum absolute atomic E-state index is 0.0232. The van der Waals surface area contributed by atoms with Gasteiger partial charge in [0.1, 0.15) is 11.6 Å². The number of amides is 3. The van der Waals surface area contributed by atoms with Gasteiger partial charge in [0.05, 0.1) is 24.5 Å². The highest BCUT2D eigenvalue weighted by Gasteiger charge is 2.75. The quantitative estimate of drug-likeness (QED) is 0.402. The molecule has 208 valence electrons. The van der Waals surface area contributed by atoms with Crippen LogP contribution in [0.25, 0.3) is 0 Å². The van der Waals surface area contributed by atoms with Gasteiger partial charge in [0.15, 0.2) is 0 Å². The zero-order chi connectivity index (χ0) is 27.8. The maximum atomic E-state index is 14.5. The molecule has 3 saturated heterocycles. The molecule has 3 amide bonds. The molecule has 37 heavy (non-hydrogen) atoms. The van der Waals surface area contributed by atoms with Gasteiger partial charge in [-0.15, -0.1) is 13.2 Å². The topological polar surface area (TPSA) is 90.4 Å². The molecule has 0 aromatic heterocycles. The highest BCUT2D eigenvalue weighted by molar-refractivity contribution is 5.99. The summed E-state index contributed by atoms with van der Waals surface area (Å²) in [7, 11) is 0. The Balaban J connectivity index is 2.05. The van der Waals surface area contributed by atoms with Crippen LogP contribution in [-0.2, 0) is 19.1 Å². The van der Waals surface area contributed by atoms with Crippen molar-refractivity contribution in [2.45, 2.75) is 90.5 Å². The van der Waals surface area contributed by atoms with E-state index in [1.54, 1.807) is 22.0 Å². The molecule has 3 aliphatic heterocycles. The van der Waals surface area contributed by atoms with Crippen LogP contribution in [0.5, 0.6) is 0 Å². The van der Waals surface area contributed by atoms with E-state index < -0.39 is 35.1 Å². The average molecular weight is 518 g/mol. The summed E-state index contributed by atoms with van der Waals surface area (Å²) in [5.74, 6) is -1.96. The minimum atomic E-state index is -1.07. The van der Waals surface area contributed by atoms with Gasteiger partial charge in [-0.05, 0) is 44.9 Å². The predicted octanol–water partition coefficient (Wildman–Crippen LogP) is 3.01. The normalized spacial score (nSPS) is 28.8. The Kier molecular flexibility index (Phi) is 8.64. The molecule has 5 atom stereocenters. The van der Waals surface area contributed by atoms with Crippen LogP contribution < -0.4 is 0 Å². The van der Waals surface area contributed by atoms with E-state index >= 15 is 0 Å². The molecule has 3 rings (SSSR count). The van der Waals surface area contributed by atoms with E-state index in [4.69, 9.17) is 4.74 Å². The van der Waals surface area contributed by atoms with Crippen molar-refractivity contribution >= 4 is 17.7 Å². The summed E-state index contributed by atoms with van der Waals surface area (Å²) in [6.45, 7) is 21.2. The lowest BCUT2D eigenvalue weighted by molar-refractivity contribution is -0.153. The van der Waals surface area contributed by atoms with Gasteiger partial charge in [0.2, 0.25) is 17.7 Å². The first-order chi connectivity index (χ1) is 17.3. The number of ether oxygens (including phenoxy) is 1. The van der Waals surface area contributed by atoms with Crippen molar-refractivity contribution in [3.05, 3.63) is 25.3 Å². The van der Waals surface area contributed by atoms with Crippen LogP contribution in [0.4, 0.5) is 0 Å². The summed E-state index contributed by atoms with van der Waals surface area (Å²) in [5.41, 5.74) is -1.62. The van der Waals surface area contributed by atoms with E-state index in [2.05, 4.69) is 33.9 Å². The molecule has 0 saturated carbocycles. The van der Waals surface area contributed by atoms with Crippen molar-refractivity contribution < 1.29 is 24.2 Å². The Hall–Kier alpha value is -2.19. The molecule has 0 radical (unpaired) electrons. The Morgan fingerprint density at radius 2 is 1.81 bits per heavy atom. The van der Waals surface area contributed by atoms with Crippen molar-refractivity contribution in [3.8, 4) is 0 Å². The molecule has 1 spiro atoms. The molecular formula is C29H47N3O5. The number of β-amino-alcohol motifs (C(OH)–C–C–N with tert-alkyl or cyclic N) is 1. The lowest BCUT2D eigenvalue weighted by Gasteiger charge is -2.45. The highest BCUT2D eigenvalue weighted by atomic mass is 16.5. The smallest absolute Gasteiger partial charge is 0.249 e. The third-order valence-electron chi connectivity index (χ3n) is 8.09. The second-order valence-corrected chi connectivity index (χ2v) is 12.7. The standard InChI is InChI=1S/C29H47N3O5/c1-9-14-30(15-10-2)24(34)21-20-12-13-29(37-20)22(21)25(35)31(17-18-33)23(29)26(36)32(16-11-3)28(7,8)19-27(4,5)6/h9,11,20-23,33H,1,3,10,12-19H2,2,4-8H3/t20-,21+,22-,23?,29?/m0/s1. The first-order valence-corrected chi connectivity index (χ1v) is 13.7. The zero-order valence-corrected chi connectivity index (χ0v) is 23.7. The van der Waals surface area contributed by atoms with E-state index in [0.717, 1.165) is 12.8 Å². The van der Waals surface area contributed by atoms with Gasteiger partial charge in [-0.25, -0.2) is 0 Å². The lowest BCUT2D eigenvalue weighted by atomic mass is 9.70. The minimum Gasteiger partial charge on any atom is -0.395 e. The maximum absolute atomic E-state index is 14.5. The monoisotopic (exact) mass is 517 g/mol. The van der Waals surface area contributed by atoms with Crippen molar-refractivity contribution in [3.63, 3.8) is 0 Å². The third kappa shape index (κ3) is 5.24. The summed E-state index contributed by atoms with van der Waals surface area (Å²) in [4.78, 5) is 47.2. The van der Waals surface area contributed by atoms with Crippen LogP contribution in [0.2, 0.25) is 0 Å². The van der Waals surface area contributed by atoms with Gasteiger partial charge in [-0.1, -0.05) is 39.8 Å². The molecule has 8 nitrogen and oxygen atoms in total. The van der Waals surface area contributed by atoms with Gasteiger partial charge >= 0.3 is 0 Å². The molecule has 3 aliphatic rings. The van der Waals surface area contributed by atoms with Crippen LogP contribution in [0.3, 0.4) is 0 Å². The molecule has 3 heterocycles. The number of rotatable bonds is 12. The summed E-state index contributed by atoms with van der Waals surface area (Å²) in [5, 5.41) is 9.87. The number of fused-ring (bicyclic) bond motifs is 1. The number of hydrogen-bond acceptors (Lipinski definition) is 5. The van der Waals surface area contributed by atoms with Crippen molar-refractivity contribution in [2.24, 2.45) is 17.3 Å². The third-order valence-corrected chi connectivity index (χ3v) is 8.09. The average Bonchev–Trinajstić information content (AvgIpc) is 3.43. The molecule has 0 aliphatic carbocycles. The highest BCUT2D eigenvalue weighted by Crippen LogP contribution is 2.59. The maximum Gasteiger partial charge on any atom is 0.249 e. The van der Waals surface area contributed by atoms with E-state index in [-0.39, 0.29) is 36.3 Å². The number of aliphatic hydroxyl groups excluding tert-OH is 1. The fourth-order valence-corrected chi connectivity index (χ4v) is 7.30. The van der Waals surface area contributed by atoms with E-state index in [1.165, 1.54) is 4.90 Å². The van der Waals surface area contributed by atoms with Crippen molar-refractivity contribution in [1.82, 2.24) is 14.7 Å². The fraction of sp³-hybridized carbons (Fsp3) is 0.759. The second kappa shape index (κ2) is 10.9. The Morgan fingerprint density at radius 3 is 2.35 bits per heavy atom. The molecule has 8 heteroatoms. The Morgan fingerprint density at radius 1 is 1.16 bits per heavy atom. The molecule has 1 N–H and O–H groups in total. The number of carbonyl (C=O) groups excluding carboxylic acids is 3. The van der Waals surface area contributed by atoms with Gasteiger partial charge in [-0.2, -0.15) is 0 Å². The van der Waals surface area contributed by atoms with Crippen molar-refractivity contribution in [1.29, 1.82) is 0 Å². The summed E-state index contributed by atoms with van der Waals surface area (Å²) in [6, 6.07) is -0.891. The number of carbonyl (C=O) groups is 3. The van der Waals surface area contributed by atoms with Crippen LogP contribution in [0, 0.1) is 17.3 Å². The summed E-state index contributed by atoms with van der Waals surface area (Å²) in [6.07, 6.45) is 5.70. The fourth-order valence-electron chi connectivity index (χ4n) is 7.30. The first kappa shape index (κ1) is 29.4. The van der Waals surface area contributed by atoms with Crippen LogP contribution in [0.1, 0.15) is 67.2 Å². The predicted molar refractivity (Wildman–Crippen MR) is 144 cm³/mol. The molecule has 0 aromatic carbocycles. The van der Waals surface area contributed by atoms with Gasteiger partial charge in [0.25, 0.3) is 0 Å². The molecule has 0 aromatic rings. The Bertz CT molecular complexity index is 910. The number of likely N-dealkylation sites (tertiary alicyclic amines) is 1. The van der Waals surface area contributed by atoms with Gasteiger partial charge in [0, 0.05) is 31.7 Å². The molecule has 3 fully saturated rings. The van der Waals surface area contributed by atoms with Crippen LogP contribution in [-0.4, -0.2) is 93.6 Å². The first-order valence-electron chi connectivity index (χ1n) is 13.7. The summed E-state index contributed by atoms with van der Waals surface area (Å²) < 4.78 is 6.56. The largest absolute Gasteiger partial charge is 0.395 e. The number of hydrogen-bond donors (Lipinski definition) is 1. The number of nitrogens with zero attached hydrogens (tertiary/aromatic N) is 3. The van der Waals surface area contributed by atoms with E-state index in [9.17, 15) is 19.5 Å². The number of aliphatic hydroxyl groups is 1. The zero-order valence-electron chi connectivity index (χ0n) is 23.7. The molecular weight excluding hydrogens is 470 g/mol. The van der Waals surface area contributed by atoms with Gasteiger partial charge in [-0.3, -0.25) is 14.4 Å². The molecule has 2 bridgehead atoms. The van der Waals surface area contributed by atoms with Gasteiger partial charge < -0.3 is 24.5 Å². The lowest BCUT2D eigenvalue weighted by Crippen LogP contribution is -2.61. The molecule has 2 unspecified atom stereocenters. The second-order valence-electron chi connectivity index (χ2n) is 12.7.